The van der Waals surface area contributed by atoms with Gasteiger partial charge in [0.05, 0.1) is 5.60 Å². The van der Waals surface area contributed by atoms with Gasteiger partial charge in [-0.3, -0.25) is 0 Å². The summed E-state index contributed by atoms with van der Waals surface area (Å²) in [6.45, 7) is 0.963. The third kappa shape index (κ3) is 2.32. The van der Waals surface area contributed by atoms with E-state index in [1.807, 2.05) is 0 Å². The lowest BCUT2D eigenvalue weighted by Crippen LogP contribution is -2.58. The molecule has 0 amide bonds. The van der Waals surface area contributed by atoms with Crippen molar-refractivity contribution in [3.63, 3.8) is 0 Å². The summed E-state index contributed by atoms with van der Waals surface area (Å²) in [5.74, 6) is 0.445. The Bertz CT molecular complexity index is 387. The Morgan fingerprint density at radius 1 is 1.17 bits per heavy atom. The van der Waals surface area contributed by atoms with E-state index >= 15 is 0 Å². The molecule has 2 heteroatoms. The van der Waals surface area contributed by atoms with Gasteiger partial charge in [0, 0.05) is 12.0 Å². The van der Waals surface area contributed by atoms with E-state index in [0.29, 0.717) is 12.0 Å². The highest BCUT2D eigenvalue weighted by atomic mass is 16.3. The molecule has 0 aromatic heterocycles. The van der Waals surface area contributed by atoms with Gasteiger partial charge in [0.1, 0.15) is 0 Å². The monoisotopic (exact) mass is 245 g/mol. The first-order chi connectivity index (χ1) is 8.78. The molecule has 2 N–H and O–H groups in total. The fraction of sp³-hybridized carbons (Fsp3) is 0.625. The first kappa shape index (κ1) is 12.2. The second-order valence-corrected chi connectivity index (χ2v) is 5.96. The fourth-order valence-electron chi connectivity index (χ4n) is 3.83. The molecule has 0 bridgehead atoms. The summed E-state index contributed by atoms with van der Waals surface area (Å²) in [4.78, 5) is 0. The molecule has 1 aromatic rings. The molecule has 1 saturated carbocycles. The van der Waals surface area contributed by atoms with Crippen LogP contribution in [0.5, 0.6) is 0 Å². The molecule has 1 heterocycles. The second kappa shape index (κ2) is 5.02. The molecule has 1 aliphatic carbocycles. The minimum atomic E-state index is -0.386. The first-order valence-corrected chi connectivity index (χ1v) is 7.28. The molecule has 98 valence electrons. The Balaban J connectivity index is 1.75. The van der Waals surface area contributed by atoms with E-state index in [4.69, 9.17) is 0 Å². The lowest BCUT2D eigenvalue weighted by atomic mass is 9.67. The highest BCUT2D eigenvalue weighted by molar-refractivity contribution is 5.17. The SMILES string of the molecule is O[C@]12CCCC[C@@H]1[C@H](Cc1ccccc1)NCC2. The third-order valence-electron chi connectivity index (χ3n) is 4.81. The van der Waals surface area contributed by atoms with Crippen molar-refractivity contribution in [2.45, 2.75) is 50.2 Å². The number of fused-ring (bicyclic) bond motifs is 1. The Morgan fingerprint density at radius 3 is 2.83 bits per heavy atom. The molecular formula is C16H23NO. The summed E-state index contributed by atoms with van der Waals surface area (Å²) in [5, 5.41) is 14.4. The molecule has 0 unspecified atom stereocenters. The van der Waals surface area contributed by atoms with E-state index in [1.165, 1.54) is 24.8 Å². The van der Waals surface area contributed by atoms with Crippen molar-refractivity contribution in [1.29, 1.82) is 0 Å². The van der Waals surface area contributed by atoms with Gasteiger partial charge in [-0.25, -0.2) is 0 Å². The summed E-state index contributed by atoms with van der Waals surface area (Å²) >= 11 is 0. The van der Waals surface area contributed by atoms with Crippen molar-refractivity contribution in [3.8, 4) is 0 Å². The first-order valence-electron chi connectivity index (χ1n) is 7.28. The number of aliphatic hydroxyl groups is 1. The number of nitrogens with one attached hydrogen (secondary N) is 1. The topological polar surface area (TPSA) is 32.3 Å². The number of piperidine rings is 1. The van der Waals surface area contributed by atoms with Crippen LogP contribution in [0.25, 0.3) is 0 Å². The minimum absolute atomic E-state index is 0.386. The lowest BCUT2D eigenvalue weighted by Gasteiger charge is -2.48. The summed E-state index contributed by atoms with van der Waals surface area (Å²) < 4.78 is 0. The van der Waals surface area contributed by atoms with Gasteiger partial charge >= 0.3 is 0 Å². The molecule has 18 heavy (non-hydrogen) atoms. The van der Waals surface area contributed by atoms with Gasteiger partial charge in [-0.15, -0.1) is 0 Å². The maximum atomic E-state index is 10.8. The van der Waals surface area contributed by atoms with Gasteiger partial charge in [0.25, 0.3) is 0 Å². The molecule has 2 fully saturated rings. The van der Waals surface area contributed by atoms with Crippen LogP contribution in [0.2, 0.25) is 0 Å². The standard InChI is InChI=1S/C16H23NO/c18-16-9-5-4-8-14(16)15(17-11-10-16)12-13-6-2-1-3-7-13/h1-3,6-7,14-15,17-18H,4-5,8-12H2/t14-,15+,16+/m1/s1. The third-order valence-corrected chi connectivity index (χ3v) is 4.81. The van der Waals surface area contributed by atoms with Gasteiger partial charge < -0.3 is 10.4 Å². The molecule has 2 aliphatic rings. The van der Waals surface area contributed by atoms with Crippen LogP contribution in [0.1, 0.15) is 37.7 Å². The Morgan fingerprint density at radius 2 is 2.00 bits per heavy atom. The largest absolute Gasteiger partial charge is 0.389 e. The molecule has 1 aromatic carbocycles. The Hall–Kier alpha value is -0.860. The van der Waals surface area contributed by atoms with Crippen LogP contribution >= 0.6 is 0 Å². The highest BCUT2D eigenvalue weighted by Gasteiger charge is 2.45. The second-order valence-electron chi connectivity index (χ2n) is 5.96. The average molecular weight is 245 g/mol. The van der Waals surface area contributed by atoms with Crippen LogP contribution < -0.4 is 5.32 Å². The van der Waals surface area contributed by atoms with Crippen LogP contribution in [0.4, 0.5) is 0 Å². The van der Waals surface area contributed by atoms with Gasteiger partial charge in [0.15, 0.2) is 0 Å². The van der Waals surface area contributed by atoms with E-state index in [9.17, 15) is 5.11 Å². The van der Waals surface area contributed by atoms with Gasteiger partial charge in [-0.05, 0) is 37.8 Å². The van der Waals surface area contributed by atoms with E-state index in [2.05, 4.69) is 35.6 Å². The van der Waals surface area contributed by atoms with Crippen LogP contribution in [-0.4, -0.2) is 23.3 Å². The predicted molar refractivity (Wildman–Crippen MR) is 73.5 cm³/mol. The zero-order valence-corrected chi connectivity index (χ0v) is 10.9. The minimum Gasteiger partial charge on any atom is -0.389 e. The Kier molecular flexibility index (Phi) is 3.40. The molecule has 1 aliphatic heterocycles. The van der Waals surface area contributed by atoms with Gasteiger partial charge in [0.2, 0.25) is 0 Å². The van der Waals surface area contributed by atoms with E-state index < -0.39 is 0 Å². The fourth-order valence-corrected chi connectivity index (χ4v) is 3.83. The predicted octanol–water partition coefficient (Wildman–Crippen LogP) is 2.51. The number of benzene rings is 1. The molecule has 0 spiro atoms. The molecule has 1 saturated heterocycles. The zero-order valence-electron chi connectivity index (χ0n) is 10.9. The van der Waals surface area contributed by atoms with Crippen molar-refractivity contribution >= 4 is 0 Å². The molecule has 2 nitrogen and oxygen atoms in total. The summed E-state index contributed by atoms with van der Waals surface area (Å²) in [6.07, 6.45) is 6.65. The molecule has 3 atom stereocenters. The van der Waals surface area contributed by atoms with Crippen molar-refractivity contribution in [1.82, 2.24) is 5.32 Å². The van der Waals surface area contributed by atoms with Crippen LogP contribution in [0, 0.1) is 5.92 Å². The molecule has 3 rings (SSSR count). The van der Waals surface area contributed by atoms with Crippen LogP contribution in [-0.2, 0) is 6.42 Å². The van der Waals surface area contributed by atoms with E-state index in [1.54, 1.807) is 0 Å². The smallest absolute Gasteiger partial charge is 0.0702 e. The number of rotatable bonds is 2. The van der Waals surface area contributed by atoms with Gasteiger partial charge in [-0.2, -0.15) is 0 Å². The van der Waals surface area contributed by atoms with Crippen molar-refractivity contribution in [2.75, 3.05) is 6.54 Å². The zero-order chi connectivity index (χ0) is 12.4. The van der Waals surface area contributed by atoms with E-state index in [-0.39, 0.29) is 5.60 Å². The summed E-state index contributed by atoms with van der Waals surface area (Å²) in [5.41, 5.74) is 0.994. The lowest BCUT2D eigenvalue weighted by molar-refractivity contribution is -0.0850. The quantitative estimate of drug-likeness (QED) is 0.839. The Labute approximate surface area is 109 Å². The van der Waals surface area contributed by atoms with Crippen LogP contribution in [0.15, 0.2) is 30.3 Å². The maximum Gasteiger partial charge on any atom is 0.0702 e. The number of hydrogen-bond acceptors (Lipinski definition) is 2. The summed E-state index contributed by atoms with van der Waals surface area (Å²) in [6, 6.07) is 11.1. The molecular weight excluding hydrogens is 222 g/mol. The average Bonchev–Trinajstić information content (AvgIpc) is 2.39. The summed E-state index contributed by atoms with van der Waals surface area (Å²) in [7, 11) is 0. The van der Waals surface area contributed by atoms with Crippen LogP contribution in [0.3, 0.4) is 0 Å². The maximum absolute atomic E-state index is 10.8. The number of hydrogen-bond donors (Lipinski definition) is 2. The van der Waals surface area contributed by atoms with E-state index in [0.717, 1.165) is 25.8 Å². The van der Waals surface area contributed by atoms with Crippen molar-refractivity contribution < 1.29 is 5.11 Å². The normalized spacial score (nSPS) is 36.1. The highest BCUT2D eigenvalue weighted by Crippen LogP contribution is 2.41. The van der Waals surface area contributed by atoms with Gasteiger partial charge in [-0.1, -0.05) is 43.2 Å². The van der Waals surface area contributed by atoms with Crippen molar-refractivity contribution in [2.24, 2.45) is 5.92 Å². The van der Waals surface area contributed by atoms with Crippen molar-refractivity contribution in [3.05, 3.63) is 35.9 Å². The molecule has 0 radical (unpaired) electrons.